The summed E-state index contributed by atoms with van der Waals surface area (Å²) < 4.78 is 14.7. The number of nitrogen functional groups attached to an aromatic ring is 1. The molecule has 0 saturated carbocycles. The van der Waals surface area contributed by atoms with E-state index in [9.17, 15) is 4.39 Å². The first-order valence-corrected chi connectivity index (χ1v) is 5.62. The normalized spacial score (nSPS) is 10.5. The quantitative estimate of drug-likeness (QED) is 0.677. The van der Waals surface area contributed by atoms with E-state index in [0.29, 0.717) is 11.4 Å². The van der Waals surface area contributed by atoms with Crippen molar-refractivity contribution in [1.82, 2.24) is 9.78 Å². The number of aromatic nitrogens is 2. The summed E-state index contributed by atoms with van der Waals surface area (Å²) >= 11 is 0. The third-order valence-electron chi connectivity index (χ3n) is 2.90. The van der Waals surface area contributed by atoms with Crippen LogP contribution < -0.4 is 5.73 Å². The molecule has 92 valence electrons. The number of nitrogens with zero attached hydrogens (tertiary/aromatic N) is 3. The molecule has 0 radical (unpaired) electrons. The predicted molar refractivity (Wildman–Crippen MR) is 70.2 cm³/mol. The zero-order valence-electron chi connectivity index (χ0n) is 9.84. The molecule has 0 amide bonds. The Morgan fingerprint density at radius 1 is 1.21 bits per heavy atom. The molecule has 0 bridgehead atoms. The van der Waals surface area contributed by atoms with Gasteiger partial charge in [0.25, 0.3) is 0 Å². The van der Waals surface area contributed by atoms with E-state index in [4.69, 9.17) is 11.0 Å². The van der Waals surface area contributed by atoms with Crippen molar-refractivity contribution in [2.45, 2.75) is 0 Å². The van der Waals surface area contributed by atoms with Crippen LogP contribution in [0.2, 0.25) is 0 Å². The lowest BCUT2D eigenvalue weighted by atomic mass is 10.2. The van der Waals surface area contributed by atoms with Gasteiger partial charge in [-0.25, -0.2) is 9.07 Å². The highest BCUT2D eigenvalue weighted by Gasteiger charge is 2.10. The third-order valence-corrected chi connectivity index (χ3v) is 2.90. The molecule has 0 fully saturated rings. The molecular weight excluding hydrogens is 243 g/mol. The molecule has 0 aliphatic rings. The van der Waals surface area contributed by atoms with Crippen LogP contribution in [0.3, 0.4) is 0 Å². The van der Waals surface area contributed by atoms with Crippen LogP contribution in [0.5, 0.6) is 0 Å². The van der Waals surface area contributed by atoms with Gasteiger partial charge in [0, 0.05) is 11.1 Å². The first kappa shape index (κ1) is 11.2. The van der Waals surface area contributed by atoms with Crippen LogP contribution in [0, 0.1) is 17.1 Å². The second-order valence-corrected chi connectivity index (χ2v) is 4.15. The Hall–Kier alpha value is -2.87. The number of anilines is 1. The Labute approximate surface area is 108 Å². The van der Waals surface area contributed by atoms with E-state index in [1.807, 2.05) is 12.1 Å². The van der Waals surface area contributed by atoms with E-state index in [1.165, 1.54) is 18.2 Å². The van der Waals surface area contributed by atoms with Crippen molar-refractivity contribution < 1.29 is 4.39 Å². The minimum absolute atomic E-state index is 0.229. The van der Waals surface area contributed by atoms with Gasteiger partial charge in [0.15, 0.2) is 0 Å². The molecule has 1 heterocycles. The number of rotatable bonds is 1. The molecule has 5 heteroatoms. The number of hydrogen-bond donors (Lipinski definition) is 1. The number of hydrogen-bond acceptors (Lipinski definition) is 3. The van der Waals surface area contributed by atoms with Crippen molar-refractivity contribution in [2.24, 2.45) is 0 Å². The SMILES string of the molecule is N#Cc1cc(F)ccc1-n1ncc2ccc(N)cc21. The molecule has 2 N–H and O–H groups in total. The maximum absolute atomic E-state index is 13.2. The van der Waals surface area contributed by atoms with Crippen LogP contribution >= 0.6 is 0 Å². The van der Waals surface area contributed by atoms with Gasteiger partial charge in [-0.05, 0) is 36.4 Å². The van der Waals surface area contributed by atoms with Crippen LogP contribution in [-0.2, 0) is 0 Å². The molecule has 0 atom stereocenters. The Bertz CT molecular complexity index is 814. The fourth-order valence-corrected chi connectivity index (χ4v) is 2.01. The number of nitrogens with two attached hydrogens (primary N) is 1. The Balaban J connectivity index is 2.31. The first-order valence-electron chi connectivity index (χ1n) is 5.62. The lowest BCUT2D eigenvalue weighted by Gasteiger charge is -2.06. The zero-order valence-corrected chi connectivity index (χ0v) is 9.84. The summed E-state index contributed by atoms with van der Waals surface area (Å²) in [5, 5.41) is 14.2. The zero-order chi connectivity index (χ0) is 13.4. The average molecular weight is 252 g/mol. The largest absolute Gasteiger partial charge is 0.399 e. The van der Waals surface area contributed by atoms with Gasteiger partial charge in [0.2, 0.25) is 0 Å². The van der Waals surface area contributed by atoms with Gasteiger partial charge in [-0.1, -0.05) is 0 Å². The van der Waals surface area contributed by atoms with Crippen molar-refractivity contribution in [2.75, 3.05) is 5.73 Å². The van der Waals surface area contributed by atoms with Gasteiger partial charge in [-0.3, -0.25) is 0 Å². The van der Waals surface area contributed by atoms with Crippen molar-refractivity contribution in [3.05, 3.63) is 54.0 Å². The second kappa shape index (κ2) is 4.10. The summed E-state index contributed by atoms with van der Waals surface area (Å²) in [7, 11) is 0. The Morgan fingerprint density at radius 3 is 2.84 bits per heavy atom. The van der Waals surface area contributed by atoms with Crippen LogP contribution in [0.1, 0.15) is 5.56 Å². The monoisotopic (exact) mass is 252 g/mol. The van der Waals surface area contributed by atoms with Crippen molar-refractivity contribution in [1.29, 1.82) is 5.26 Å². The molecule has 2 aromatic carbocycles. The number of fused-ring (bicyclic) bond motifs is 1. The Kier molecular flexibility index (Phi) is 2.43. The Morgan fingerprint density at radius 2 is 2.05 bits per heavy atom. The summed E-state index contributed by atoms with van der Waals surface area (Å²) in [5.41, 5.74) is 7.91. The van der Waals surface area contributed by atoms with E-state index >= 15 is 0 Å². The number of halogens is 1. The fourth-order valence-electron chi connectivity index (χ4n) is 2.01. The van der Waals surface area contributed by atoms with E-state index in [1.54, 1.807) is 23.0 Å². The molecule has 3 rings (SSSR count). The molecule has 0 saturated heterocycles. The maximum Gasteiger partial charge on any atom is 0.124 e. The fraction of sp³-hybridized carbons (Fsp3) is 0. The molecule has 0 aliphatic heterocycles. The molecule has 3 aromatic rings. The minimum atomic E-state index is -0.448. The lowest BCUT2D eigenvalue weighted by molar-refractivity contribution is 0.626. The van der Waals surface area contributed by atoms with Gasteiger partial charge in [-0.2, -0.15) is 10.4 Å². The van der Waals surface area contributed by atoms with E-state index in [-0.39, 0.29) is 5.56 Å². The van der Waals surface area contributed by atoms with Crippen LogP contribution in [-0.4, -0.2) is 9.78 Å². The highest BCUT2D eigenvalue weighted by atomic mass is 19.1. The van der Waals surface area contributed by atoms with Crippen molar-refractivity contribution >= 4 is 16.6 Å². The summed E-state index contributed by atoms with van der Waals surface area (Å²) in [4.78, 5) is 0. The van der Waals surface area contributed by atoms with E-state index in [2.05, 4.69) is 5.10 Å². The average Bonchev–Trinajstić information content (AvgIpc) is 2.81. The van der Waals surface area contributed by atoms with E-state index in [0.717, 1.165) is 10.9 Å². The molecular formula is C14H9FN4. The molecule has 1 aromatic heterocycles. The highest BCUT2D eigenvalue weighted by molar-refractivity contribution is 5.83. The summed E-state index contributed by atoms with van der Waals surface area (Å²) in [6, 6.07) is 11.4. The minimum Gasteiger partial charge on any atom is -0.399 e. The molecule has 0 aliphatic carbocycles. The van der Waals surface area contributed by atoms with Crippen molar-refractivity contribution in [3.63, 3.8) is 0 Å². The summed E-state index contributed by atoms with van der Waals surface area (Å²) in [6.07, 6.45) is 1.68. The van der Waals surface area contributed by atoms with Crippen LogP contribution in [0.15, 0.2) is 42.6 Å². The second-order valence-electron chi connectivity index (χ2n) is 4.15. The number of benzene rings is 2. The maximum atomic E-state index is 13.2. The van der Waals surface area contributed by atoms with Gasteiger partial charge in [0.05, 0.1) is 23.0 Å². The van der Waals surface area contributed by atoms with Crippen LogP contribution in [0.25, 0.3) is 16.6 Å². The third kappa shape index (κ3) is 1.79. The van der Waals surface area contributed by atoms with Gasteiger partial charge < -0.3 is 5.73 Å². The highest BCUT2D eigenvalue weighted by Crippen LogP contribution is 2.23. The smallest absolute Gasteiger partial charge is 0.124 e. The van der Waals surface area contributed by atoms with Crippen LogP contribution in [0.4, 0.5) is 10.1 Å². The molecule has 0 unspecified atom stereocenters. The molecule has 19 heavy (non-hydrogen) atoms. The summed E-state index contributed by atoms with van der Waals surface area (Å²) in [5.74, 6) is -0.448. The first-order chi connectivity index (χ1) is 9.19. The molecule has 4 nitrogen and oxygen atoms in total. The standard InChI is InChI=1S/C14H9FN4/c15-11-2-4-13(10(5-11)7-16)19-14-6-12(17)3-1-9(14)8-18-19/h1-6,8H,17H2. The topological polar surface area (TPSA) is 67.6 Å². The van der Waals surface area contributed by atoms with E-state index < -0.39 is 5.82 Å². The van der Waals surface area contributed by atoms with Gasteiger partial charge in [0.1, 0.15) is 11.9 Å². The van der Waals surface area contributed by atoms with Crippen molar-refractivity contribution in [3.8, 4) is 11.8 Å². The number of nitriles is 1. The lowest BCUT2D eigenvalue weighted by Crippen LogP contribution is -2.00. The molecule has 0 spiro atoms. The van der Waals surface area contributed by atoms with Gasteiger partial charge >= 0.3 is 0 Å². The predicted octanol–water partition coefficient (Wildman–Crippen LogP) is 2.62. The van der Waals surface area contributed by atoms with Gasteiger partial charge in [-0.15, -0.1) is 0 Å². The summed E-state index contributed by atoms with van der Waals surface area (Å²) in [6.45, 7) is 0.